The summed E-state index contributed by atoms with van der Waals surface area (Å²) in [6.07, 6.45) is 3.18. The summed E-state index contributed by atoms with van der Waals surface area (Å²) in [5.74, 6) is 5.88. The third-order valence-corrected chi connectivity index (χ3v) is 3.16. The van der Waals surface area contributed by atoms with Crippen molar-refractivity contribution in [2.24, 2.45) is 0 Å². The maximum Gasteiger partial charge on any atom is 0.257 e. The second-order valence-electron chi connectivity index (χ2n) is 4.90. The molecule has 2 aromatic carbocycles. The molecule has 3 heteroatoms. The summed E-state index contributed by atoms with van der Waals surface area (Å²) < 4.78 is 0. The summed E-state index contributed by atoms with van der Waals surface area (Å²) in [5, 5.41) is 2.83. The van der Waals surface area contributed by atoms with Gasteiger partial charge in [-0.05, 0) is 30.3 Å². The van der Waals surface area contributed by atoms with Crippen LogP contribution in [0.5, 0.6) is 0 Å². The van der Waals surface area contributed by atoms with Crippen LogP contribution in [0.2, 0.25) is 0 Å². The van der Waals surface area contributed by atoms with Gasteiger partial charge >= 0.3 is 0 Å². The number of carbonyl (C=O) groups is 1. The first-order valence-corrected chi connectivity index (χ1v) is 7.20. The average molecular weight is 298 g/mol. The first-order valence-electron chi connectivity index (χ1n) is 7.20. The summed E-state index contributed by atoms with van der Waals surface area (Å²) >= 11 is 0. The summed E-state index contributed by atoms with van der Waals surface area (Å²) in [5.41, 5.74) is 2.85. The van der Waals surface area contributed by atoms with Gasteiger partial charge in [0.1, 0.15) is 0 Å². The maximum atomic E-state index is 12.2. The predicted octanol–water partition coefficient (Wildman–Crippen LogP) is 3.73. The van der Waals surface area contributed by atoms with Crippen LogP contribution in [0.15, 0.2) is 79.1 Å². The van der Waals surface area contributed by atoms with Gasteiger partial charge in [-0.15, -0.1) is 0 Å². The van der Waals surface area contributed by atoms with E-state index >= 15 is 0 Å². The Morgan fingerprint density at radius 1 is 0.826 bits per heavy atom. The predicted molar refractivity (Wildman–Crippen MR) is 91.1 cm³/mol. The van der Waals surface area contributed by atoms with E-state index in [9.17, 15) is 4.79 Å². The van der Waals surface area contributed by atoms with E-state index in [4.69, 9.17) is 0 Å². The molecule has 0 atom stereocenters. The Morgan fingerprint density at radius 2 is 1.48 bits per heavy atom. The fourth-order valence-electron chi connectivity index (χ4n) is 2.02. The quantitative estimate of drug-likeness (QED) is 0.732. The Hall–Kier alpha value is -3.38. The molecule has 0 spiro atoms. The minimum absolute atomic E-state index is 0.202. The summed E-state index contributed by atoms with van der Waals surface area (Å²) in [6, 6.07) is 20.7. The molecule has 3 nitrogen and oxygen atoms in total. The number of amides is 1. The summed E-state index contributed by atoms with van der Waals surface area (Å²) in [7, 11) is 0. The molecule has 0 saturated carbocycles. The highest BCUT2D eigenvalue weighted by molar-refractivity contribution is 6.04. The Balaban J connectivity index is 1.77. The highest BCUT2D eigenvalue weighted by atomic mass is 16.1. The van der Waals surface area contributed by atoms with Crippen LogP contribution in [0.1, 0.15) is 21.5 Å². The highest BCUT2D eigenvalue weighted by Gasteiger charge is 2.06. The molecule has 1 aromatic heterocycles. The summed E-state index contributed by atoms with van der Waals surface area (Å²) in [4.78, 5) is 16.3. The number of hydrogen-bond donors (Lipinski definition) is 1. The van der Waals surface area contributed by atoms with Crippen LogP contribution in [0.25, 0.3) is 0 Å². The van der Waals surface area contributed by atoms with E-state index in [1.54, 1.807) is 12.3 Å². The Kier molecular flexibility index (Phi) is 4.47. The Morgan fingerprint density at radius 3 is 2.22 bits per heavy atom. The molecular formula is C20H14N2O. The van der Waals surface area contributed by atoms with Crippen molar-refractivity contribution < 1.29 is 4.79 Å². The van der Waals surface area contributed by atoms with Gasteiger partial charge in [0, 0.05) is 29.2 Å². The van der Waals surface area contributed by atoms with E-state index in [-0.39, 0.29) is 5.91 Å². The molecule has 3 aromatic rings. The standard InChI is InChI=1S/C20H14N2O/c23-20(22-19-9-5-2-6-10-19)18-13-17(14-21-15-18)12-11-16-7-3-1-4-8-16/h1-10,13-15H,(H,22,23). The molecule has 0 aliphatic carbocycles. The van der Waals surface area contributed by atoms with Gasteiger partial charge in [0.2, 0.25) is 0 Å². The lowest BCUT2D eigenvalue weighted by atomic mass is 10.1. The molecule has 1 amide bonds. The number of nitrogens with zero attached hydrogens (tertiary/aromatic N) is 1. The first kappa shape index (κ1) is 14.6. The molecule has 0 bridgehead atoms. The van der Waals surface area contributed by atoms with E-state index in [0.29, 0.717) is 11.1 Å². The zero-order chi connectivity index (χ0) is 15.9. The van der Waals surface area contributed by atoms with Crippen LogP contribution < -0.4 is 5.32 Å². The third-order valence-electron chi connectivity index (χ3n) is 3.16. The van der Waals surface area contributed by atoms with E-state index in [1.165, 1.54) is 6.20 Å². The Labute approximate surface area is 135 Å². The van der Waals surface area contributed by atoms with Crippen molar-refractivity contribution >= 4 is 11.6 Å². The van der Waals surface area contributed by atoms with E-state index in [0.717, 1.165) is 11.3 Å². The van der Waals surface area contributed by atoms with Crippen LogP contribution in [-0.4, -0.2) is 10.9 Å². The first-order chi connectivity index (χ1) is 11.3. The van der Waals surface area contributed by atoms with Crippen LogP contribution in [-0.2, 0) is 0 Å². The zero-order valence-corrected chi connectivity index (χ0v) is 12.4. The van der Waals surface area contributed by atoms with E-state index in [1.807, 2.05) is 60.7 Å². The SMILES string of the molecule is O=C(Nc1ccccc1)c1cncc(C#Cc2ccccc2)c1. The van der Waals surface area contributed by atoms with Crippen LogP contribution >= 0.6 is 0 Å². The lowest BCUT2D eigenvalue weighted by Crippen LogP contribution is -2.12. The third kappa shape index (κ3) is 4.05. The topological polar surface area (TPSA) is 42.0 Å². The number of rotatable bonds is 2. The van der Waals surface area contributed by atoms with Gasteiger partial charge in [0.25, 0.3) is 5.91 Å². The second-order valence-corrected chi connectivity index (χ2v) is 4.90. The maximum absolute atomic E-state index is 12.2. The monoisotopic (exact) mass is 298 g/mol. The number of para-hydroxylation sites is 1. The van der Waals surface area contributed by atoms with Crippen molar-refractivity contribution in [1.82, 2.24) is 4.98 Å². The van der Waals surface area contributed by atoms with Crippen molar-refractivity contribution in [3.63, 3.8) is 0 Å². The molecule has 0 radical (unpaired) electrons. The molecule has 0 unspecified atom stereocenters. The molecule has 0 saturated heterocycles. The van der Waals surface area contributed by atoms with Crippen molar-refractivity contribution in [3.05, 3.63) is 95.8 Å². The molecule has 1 N–H and O–H groups in total. The fourth-order valence-corrected chi connectivity index (χ4v) is 2.02. The van der Waals surface area contributed by atoms with Gasteiger partial charge in [0.15, 0.2) is 0 Å². The van der Waals surface area contributed by atoms with Crippen molar-refractivity contribution in [1.29, 1.82) is 0 Å². The van der Waals surface area contributed by atoms with Crippen LogP contribution in [0, 0.1) is 11.8 Å². The molecule has 0 fully saturated rings. The Bertz CT molecular complexity index is 862. The van der Waals surface area contributed by atoms with E-state index in [2.05, 4.69) is 22.1 Å². The molecule has 0 aliphatic rings. The lowest BCUT2D eigenvalue weighted by Gasteiger charge is -2.04. The van der Waals surface area contributed by atoms with Crippen LogP contribution in [0.4, 0.5) is 5.69 Å². The van der Waals surface area contributed by atoms with Gasteiger partial charge in [-0.3, -0.25) is 9.78 Å². The number of benzene rings is 2. The van der Waals surface area contributed by atoms with Gasteiger partial charge < -0.3 is 5.32 Å². The number of hydrogen-bond acceptors (Lipinski definition) is 2. The molecular weight excluding hydrogens is 284 g/mol. The zero-order valence-electron chi connectivity index (χ0n) is 12.4. The van der Waals surface area contributed by atoms with Gasteiger partial charge in [-0.25, -0.2) is 0 Å². The molecule has 23 heavy (non-hydrogen) atoms. The molecule has 0 aliphatic heterocycles. The van der Waals surface area contributed by atoms with Crippen molar-refractivity contribution in [2.75, 3.05) is 5.32 Å². The lowest BCUT2D eigenvalue weighted by molar-refractivity contribution is 0.102. The summed E-state index contributed by atoms with van der Waals surface area (Å²) in [6.45, 7) is 0. The minimum Gasteiger partial charge on any atom is -0.322 e. The largest absolute Gasteiger partial charge is 0.322 e. The molecule has 1 heterocycles. The van der Waals surface area contributed by atoms with Crippen LogP contribution in [0.3, 0.4) is 0 Å². The van der Waals surface area contributed by atoms with Crippen molar-refractivity contribution in [3.8, 4) is 11.8 Å². The number of pyridine rings is 1. The van der Waals surface area contributed by atoms with Gasteiger partial charge in [-0.1, -0.05) is 48.2 Å². The second kappa shape index (κ2) is 7.06. The van der Waals surface area contributed by atoms with Crippen molar-refractivity contribution in [2.45, 2.75) is 0 Å². The normalized spacial score (nSPS) is 9.57. The highest BCUT2D eigenvalue weighted by Crippen LogP contribution is 2.09. The van der Waals surface area contributed by atoms with E-state index < -0.39 is 0 Å². The van der Waals surface area contributed by atoms with Gasteiger partial charge in [0.05, 0.1) is 5.56 Å². The average Bonchev–Trinajstić information content (AvgIpc) is 2.62. The smallest absolute Gasteiger partial charge is 0.257 e. The molecule has 3 rings (SSSR count). The van der Waals surface area contributed by atoms with Gasteiger partial charge in [-0.2, -0.15) is 0 Å². The number of anilines is 1. The minimum atomic E-state index is -0.202. The molecule has 110 valence electrons. The number of nitrogens with one attached hydrogen (secondary N) is 1. The fraction of sp³-hybridized carbons (Fsp3) is 0. The number of aromatic nitrogens is 1. The number of carbonyl (C=O) groups excluding carboxylic acids is 1.